The highest BCUT2D eigenvalue weighted by Gasteiger charge is 2.15. The van der Waals surface area contributed by atoms with E-state index in [2.05, 4.69) is 4.98 Å². The summed E-state index contributed by atoms with van der Waals surface area (Å²) in [5, 5.41) is 0. The highest BCUT2D eigenvalue weighted by molar-refractivity contribution is 6.06. The molecule has 0 atom stereocenters. The van der Waals surface area contributed by atoms with Crippen LogP contribution in [0.1, 0.15) is 15.9 Å². The summed E-state index contributed by atoms with van der Waals surface area (Å²) in [4.78, 5) is 17.9. The number of amides is 1. The fourth-order valence-electron chi connectivity index (χ4n) is 1.79. The Kier molecular flexibility index (Phi) is 3.28. The molecule has 2 rings (SSSR count). The summed E-state index contributed by atoms with van der Waals surface area (Å²) < 4.78 is 0. The van der Waals surface area contributed by atoms with Gasteiger partial charge in [0.1, 0.15) is 0 Å². The Labute approximate surface area is 106 Å². The van der Waals surface area contributed by atoms with Crippen LogP contribution in [0.25, 0.3) is 0 Å². The summed E-state index contributed by atoms with van der Waals surface area (Å²) in [7, 11) is 1.74. The van der Waals surface area contributed by atoms with Gasteiger partial charge in [0, 0.05) is 36.4 Å². The summed E-state index contributed by atoms with van der Waals surface area (Å²) in [6, 6.07) is 8.88. The third-order valence-corrected chi connectivity index (χ3v) is 2.84. The van der Waals surface area contributed by atoms with Crippen LogP contribution in [-0.4, -0.2) is 17.9 Å². The van der Waals surface area contributed by atoms with Gasteiger partial charge in [-0.05, 0) is 42.8 Å². The Hall–Kier alpha value is -2.36. The van der Waals surface area contributed by atoms with E-state index in [4.69, 9.17) is 5.73 Å². The lowest BCUT2D eigenvalue weighted by Gasteiger charge is -2.18. The molecule has 1 aromatic carbocycles. The fraction of sp³-hybridized carbons (Fsp3) is 0.143. The monoisotopic (exact) mass is 241 g/mol. The smallest absolute Gasteiger partial charge is 0.258 e. The SMILES string of the molecule is Cc1cc(N)ccc1C(=O)N(C)c1ccncc1. The third-order valence-electron chi connectivity index (χ3n) is 2.84. The zero-order chi connectivity index (χ0) is 13.1. The number of carbonyl (C=O) groups is 1. The number of nitrogens with zero attached hydrogens (tertiary/aromatic N) is 2. The first-order valence-electron chi connectivity index (χ1n) is 5.64. The number of rotatable bonds is 2. The normalized spacial score (nSPS) is 10.1. The molecule has 0 spiro atoms. The summed E-state index contributed by atoms with van der Waals surface area (Å²) in [5.41, 5.74) is 8.69. The Bertz CT molecular complexity index is 567. The molecule has 4 nitrogen and oxygen atoms in total. The lowest BCUT2D eigenvalue weighted by atomic mass is 10.1. The van der Waals surface area contributed by atoms with Gasteiger partial charge in [-0.3, -0.25) is 9.78 Å². The van der Waals surface area contributed by atoms with Gasteiger partial charge in [-0.15, -0.1) is 0 Å². The molecule has 0 fully saturated rings. The maximum absolute atomic E-state index is 12.3. The topological polar surface area (TPSA) is 59.2 Å². The van der Waals surface area contributed by atoms with Gasteiger partial charge in [0.25, 0.3) is 5.91 Å². The minimum atomic E-state index is -0.0568. The van der Waals surface area contributed by atoms with Gasteiger partial charge in [-0.1, -0.05) is 0 Å². The quantitative estimate of drug-likeness (QED) is 0.820. The highest BCUT2D eigenvalue weighted by atomic mass is 16.2. The second-order valence-electron chi connectivity index (χ2n) is 4.14. The van der Waals surface area contributed by atoms with E-state index in [0.717, 1.165) is 11.3 Å². The van der Waals surface area contributed by atoms with E-state index < -0.39 is 0 Å². The minimum Gasteiger partial charge on any atom is -0.399 e. The average molecular weight is 241 g/mol. The molecule has 92 valence electrons. The first-order chi connectivity index (χ1) is 8.59. The molecule has 4 heteroatoms. The van der Waals surface area contributed by atoms with Crippen molar-refractivity contribution >= 4 is 17.3 Å². The number of carbonyl (C=O) groups excluding carboxylic acids is 1. The van der Waals surface area contributed by atoms with Crippen LogP contribution >= 0.6 is 0 Å². The summed E-state index contributed by atoms with van der Waals surface area (Å²) in [6.45, 7) is 1.88. The molecule has 0 aliphatic rings. The molecule has 18 heavy (non-hydrogen) atoms. The second kappa shape index (κ2) is 4.87. The molecule has 1 amide bonds. The molecule has 2 N–H and O–H groups in total. The van der Waals surface area contributed by atoms with E-state index in [-0.39, 0.29) is 5.91 Å². The molecule has 0 saturated heterocycles. The number of hydrogen-bond donors (Lipinski definition) is 1. The van der Waals surface area contributed by atoms with E-state index in [9.17, 15) is 4.79 Å². The Balaban J connectivity index is 2.32. The van der Waals surface area contributed by atoms with Crippen LogP contribution in [0.5, 0.6) is 0 Å². The molecule has 0 aliphatic heterocycles. The van der Waals surface area contributed by atoms with Crippen molar-refractivity contribution in [1.29, 1.82) is 0 Å². The van der Waals surface area contributed by atoms with Crippen molar-refractivity contribution in [3.8, 4) is 0 Å². The van der Waals surface area contributed by atoms with Gasteiger partial charge >= 0.3 is 0 Å². The number of nitrogen functional groups attached to an aromatic ring is 1. The van der Waals surface area contributed by atoms with Crippen LogP contribution in [-0.2, 0) is 0 Å². The Morgan fingerprint density at radius 1 is 1.22 bits per heavy atom. The predicted octanol–water partition coefficient (Wildman–Crippen LogP) is 2.25. The molecule has 0 aliphatic carbocycles. The van der Waals surface area contributed by atoms with Crippen LogP contribution in [0.4, 0.5) is 11.4 Å². The van der Waals surface area contributed by atoms with E-state index in [1.54, 1.807) is 54.7 Å². The van der Waals surface area contributed by atoms with E-state index in [1.165, 1.54) is 0 Å². The van der Waals surface area contributed by atoms with Gasteiger partial charge in [0.15, 0.2) is 0 Å². The molecular formula is C14H15N3O. The predicted molar refractivity (Wildman–Crippen MR) is 72.6 cm³/mol. The number of nitrogens with two attached hydrogens (primary N) is 1. The lowest BCUT2D eigenvalue weighted by molar-refractivity contribution is 0.0992. The molecular weight excluding hydrogens is 226 g/mol. The van der Waals surface area contributed by atoms with Crippen LogP contribution in [0.3, 0.4) is 0 Å². The van der Waals surface area contributed by atoms with Crippen molar-refractivity contribution in [2.75, 3.05) is 17.7 Å². The zero-order valence-corrected chi connectivity index (χ0v) is 10.4. The largest absolute Gasteiger partial charge is 0.399 e. The van der Waals surface area contributed by atoms with E-state index in [1.807, 2.05) is 6.92 Å². The number of hydrogen-bond acceptors (Lipinski definition) is 3. The Morgan fingerprint density at radius 2 is 1.89 bits per heavy atom. The van der Waals surface area contributed by atoms with Gasteiger partial charge < -0.3 is 10.6 Å². The van der Waals surface area contributed by atoms with Crippen LogP contribution in [0.2, 0.25) is 0 Å². The zero-order valence-electron chi connectivity index (χ0n) is 10.4. The second-order valence-corrected chi connectivity index (χ2v) is 4.14. The van der Waals surface area contributed by atoms with Crippen LogP contribution in [0.15, 0.2) is 42.7 Å². The summed E-state index contributed by atoms with van der Waals surface area (Å²) in [5.74, 6) is -0.0568. The van der Waals surface area contributed by atoms with Crippen LogP contribution < -0.4 is 10.6 Å². The first-order valence-corrected chi connectivity index (χ1v) is 5.64. The van der Waals surface area contributed by atoms with Crippen molar-refractivity contribution < 1.29 is 4.79 Å². The lowest BCUT2D eigenvalue weighted by Crippen LogP contribution is -2.26. The van der Waals surface area contributed by atoms with Crippen molar-refractivity contribution in [2.45, 2.75) is 6.92 Å². The molecule has 2 aromatic rings. The maximum atomic E-state index is 12.3. The molecule has 0 saturated carbocycles. The first kappa shape index (κ1) is 12.1. The molecule has 1 aromatic heterocycles. The summed E-state index contributed by atoms with van der Waals surface area (Å²) >= 11 is 0. The van der Waals surface area contributed by atoms with Gasteiger partial charge in [-0.2, -0.15) is 0 Å². The number of pyridine rings is 1. The van der Waals surface area contributed by atoms with E-state index >= 15 is 0 Å². The van der Waals surface area contributed by atoms with Crippen molar-refractivity contribution in [2.24, 2.45) is 0 Å². The van der Waals surface area contributed by atoms with Gasteiger partial charge in [-0.25, -0.2) is 0 Å². The summed E-state index contributed by atoms with van der Waals surface area (Å²) in [6.07, 6.45) is 3.32. The van der Waals surface area contributed by atoms with Gasteiger partial charge in [0.2, 0.25) is 0 Å². The molecule has 0 bridgehead atoms. The number of anilines is 2. The standard InChI is InChI=1S/C14H15N3O/c1-10-9-11(15)3-4-13(10)14(18)17(2)12-5-7-16-8-6-12/h3-9H,15H2,1-2H3. The van der Waals surface area contributed by atoms with Crippen molar-refractivity contribution in [3.63, 3.8) is 0 Å². The molecule has 0 radical (unpaired) electrons. The average Bonchev–Trinajstić information content (AvgIpc) is 2.38. The van der Waals surface area contributed by atoms with E-state index in [0.29, 0.717) is 11.3 Å². The number of benzene rings is 1. The third kappa shape index (κ3) is 2.32. The van der Waals surface area contributed by atoms with Gasteiger partial charge in [0.05, 0.1) is 0 Å². The van der Waals surface area contributed by atoms with Crippen molar-refractivity contribution in [1.82, 2.24) is 4.98 Å². The highest BCUT2D eigenvalue weighted by Crippen LogP contribution is 2.18. The maximum Gasteiger partial charge on any atom is 0.258 e. The number of aryl methyl sites for hydroxylation is 1. The van der Waals surface area contributed by atoms with Crippen molar-refractivity contribution in [3.05, 3.63) is 53.9 Å². The minimum absolute atomic E-state index is 0.0568. The fourth-order valence-corrected chi connectivity index (χ4v) is 1.79. The number of aromatic nitrogens is 1. The van der Waals surface area contributed by atoms with Crippen LogP contribution in [0, 0.1) is 6.92 Å². The molecule has 0 unspecified atom stereocenters. The Morgan fingerprint density at radius 3 is 2.50 bits per heavy atom. The molecule has 1 heterocycles.